The van der Waals surface area contributed by atoms with Crippen LogP contribution in [0.15, 0.2) is 53.4 Å². The molecule has 114 valence electrons. The first-order chi connectivity index (χ1) is 10.6. The molecule has 1 aliphatic carbocycles. The van der Waals surface area contributed by atoms with E-state index in [-0.39, 0.29) is 12.1 Å². The highest BCUT2D eigenvalue weighted by Crippen LogP contribution is 2.48. The van der Waals surface area contributed by atoms with Gasteiger partial charge in [0.15, 0.2) is 0 Å². The van der Waals surface area contributed by atoms with Crippen LogP contribution < -0.4 is 4.83 Å². The fraction of sp³-hybridized carbons (Fsp3) is 0.294. The fourth-order valence-corrected chi connectivity index (χ4v) is 4.45. The number of nitrogens with one attached hydrogen (secondary N) is 1. The Balaban J connectivity index is 1.57. The van der Waals surface area contributed by atoms with Crippen molar-refractivity contribution in [1.29, 1.82) is 0 Å². The van der Waals surface area contributed by atoms with Crippen LogP contribution in [0.3, 0.4) is 0 Å². The first kappa shape index (κ1) is 13.9. The molecule has 4 nitrogen and oxygen atoms in total. The van der Waals surface area contributed by atoms with Gasteiger partial charge in [-0.25, -0.2) is 13.4 Å². The Morgan fingerprint density at radius 2 is 1.82 bits per heavy atom. The molecule has 0 spiro atoms. The number of nitrogens with zero attached hydrogens (tertiary/aromatic N) is 1. The lowest BCUT2D eigenvalue weighted by Crippen LogP contribution is -2.30. The van der Waals surface area contributed by atoms with Crippen molar-refractivity contribution < 1.29 is 8.42 Å². The number of sulfonamides is 1. The lowest BCUT2D eigenvalue weighted by Gasteiger charge is -2.11. The van der Waals surface area contributed by atoms with E-state index in [1.807, 2.05) is 36.2 Å². The minimum atomic E-state index is -3.50. The summed E-state index contributed by atoms with van der Waals surface area (Å²) in [5.41, 5.74) is 3.64. The van der Waals surface area contributed by atoms with Gasteiger partial charge in [0.25, 0.3) is 10.0 Å². The highest BCUT2D eigenvalue weighted by molar-refractivity contribution is 7.89. The Morgan fingerprint density at radius 1 is 1.09 bits per heavy atom. The first-order valence-corrected chi connectivity index (χ1v) is 9.00. The second kappa shape index (κ2) is 4.91. The van der Waals surface area contributed by atoms with Gasteiger partial charge in [-0.1, -0.05) is 42.0 Å². The highest BCUT2D eigenvalue weighted by Gasteiger charge is 2.52. The summed E-state index contributed by atoms with van der Waals surface area (Å²) in [6.07, 6.45) is 2.01. The number of hydrazine groups is 1. The Labute approximate surface area is 130 Å². The maximum absolute atomic E-state index is 12.5. The molecule has 0 bridgehead atoms. The molecule has 0 amide bonds. The molecule has 3 unspecified atom stereocenters. The Bertz CT molecular complexity index is 815. The van der Waals surface area contributed by atoms with E-state index < -0.39 is 10.0 Å². The van der Waals surface area contributed by atoms with E-state index in [1.54, 1.807) is 12.1 Å². The lowest BCUT2D eigenvalue weighted by atomic mass is 9.92. The average Bonchev–Trinajstić information content (AvgIpc) is 3.20. The standard InChI is InChI=1S/C17H18N2O2S/c1-12-6-9-14(10-7-12)22(20,21)18-19-16-11-8-13-4-2-3-5-15(13)17(16)19/h2-7,9-10,16-18H,8,11H2,1H3. The Kier molecular flexibility index (Phi) is 3.11. The summed E-state index contributed by atoms with van der Waals surface area (Å²) < 4.78 is 25.0. The van der Waals surface area contributed by atoms with E-state index in [1.165, 1.54) is 11.1 Å². The predicted molar refractivity (Wildman–Crippen MR) is 84.6 cm³/mol. The number of fused-ring (bicyclic) bond motifs is 3. The average molecular weight is 314 g/mol. The molecule has 2 aromatic rings. The van der Waals surface area contributed by atoms with Crippen molar-refractivity contribution in [1.82, 2.24) is 9.84 Å². The zero-order valence-corrected chi connectivity index (χ0v) is 13.2. The molecule has 22 heavy (non-hydrogen) atoms. The first-order valence-electron chi connectivity index (χ1n) is 7.51. The maximum atomic E-state index is 12.5. The normalized spacial score (nSPS) is 26.1. The van der Waals surface area contributed by atoms with E-state index in [0.717, 1.165) is 18.4 Å². The third-order valence-corrected chi connectivity index (χ3v) is 5.92. The largest absolute Gasteiger partial charge is 0.253 e. The number of benzene rings is 2. The van der Waals surface area contributed by atoms with Crippen LogP contribution in [0.25, 0.3) is 0 Å². The molecule has 0 aromatic heterocycles. The molecule has 3 atom stereocenters. The van der Waals surface area contributed by atoms with Gasteiger partial charge in [0.05, 0.1) is 10.9 Å². The van der Waals surface area contributed by atoms with Gasteiger partial charge in [0.1, 0.15) is 0 Å². The molecule has 1 heterocycles. The highest BCUT2D eigenvalue weighted by atomic mass is 32.2. The van der Waals surface area contributed by atoms with Crippen molar-refractivity contribution in [3.05, 3.63) is 65.2 Å². The summed E-state index contributed by atoms with van der Waals surface area (Å²) in [6.45, 7) is 1.94. The van der Waals surface area contributed by atoms with Gasteiger partial charge in [-0.3, -0.25) is 0 Å². The minimum Gasteiger partial charge on any atom is -0.216 e. The van der Waals surface area contributed by atoms with Crippen LogP contribution >= 0.6 is 0 Å². The van der Waals surface area contributed by atoms with Crippen LogP contribution in [0.1, 0.15) is 29.2 Å². The van der Waals surface area contributed by atoms with E-state index >= 15 is 0 Å². The van der Waals surface area contributed by atoms with Crippen molar-refractivity contribution in [3.8, 4) is 0 Å². The molecule has 1 fully saturated rings. The topological polar surface area (TPSA) is 49.2 Å². The lowest BCUT2D eigenvalue weighted by molar-refractivity contribution is 0.426. The molecular weight excluding hydrogens is 296 g/mol. The third kappa shape index (κ3) is 2.26. The van der Waals surface area contributed by atoms with Crippen LogP contribution in [0.5, 0.6) is 0 Å². The molecule has 0 radical (unpaired) electrons. The summed E-state index contributed by atoms with van der Waals surface area (Å²) >= 11 is 0. The Morgan fingerprint density at radius 3 is 2.59 bits per heavy atom. The smallest absolute Gasteiger partial charge is 0.216 e. The van der Waals surface area contributed by atoms with Crippen LogP contribution in [-0.4, -0.2) is 19.5 Å². The molecule has 5 heteroatoms. The summed E-state index contributed by atoms with van der Waals surface area (Å²) in [5, 5.41) is 1.88. The van der Waals surface area contributed by atoms with E-state index in [0.29, 0.717) is 4.90 Å². The van der Waals surface area contributed by atoms with E-state index in [2.05, 4.69) is 17.0 Å². The van der Waals surface area contributed by atoms with Crippen molar-refractivity contribution in [2.45, 2.75) is 36.7 Å². The minimum absolute atomic E-state index is 0.185. The second-order valence-corrected chi connectivity index (χ2v) is 7.73. The molecule has 0 saturated carbocycles. The van der Waals surface area contributed by atoms with Crippen molar-refractivity contribution >= 4 is 10.0 Å². The van der Waals surface area contributed by atoms with E-state index in [9.17, 15) is 8.42 Å². The molecule has 2 aliphatic rings. The number of aryl methyl sites for hydroxylation is 2. The fourth-order valence-electron chi connectivity index (χ4n) is 3.32. The third-order valence-electron chi connectivity index (χ3n) is 4.57. The summed E-state index contributed by atoms with van der Waals surface area (Å²) in [4.78, 5) is 3.07. The zero-order valence-electron chi connectivity index (χ0n) is 12.4. The molecular formula is C17H18N2O2S. The van der Waals surface area contributed by atoms with Crippen LogP contribution in [0.2, 0.25) is 0 Å². The summed E-state index contributed by atoms with van der Waals surface area (Å²) in [5.74, 6) is 0. The molecule has 1 N–H and O–H groups in total. The van der Waals surface area contributed by atoms with Gasteiger partial charge < -0.3 is 0 Å². The monoisotopic (exact) mass is 314 g/mol. The number of rotatable bonds is 3. The zero-order chi connectivity index (χ0) is 15.3. The Hall–Kier alpha value is -1.69. The number of hydrogen-bond acceptors (Lipinski definition) is 3. The van der Waals surface area contributed by atoms with Crippen LogP contribution in [0, 0.1) is 6.92 Å². The molecule has 1 saturated heterocycles. The van der Waals surface area contributed by atoms with Crippen molar-refractivity contribution in [2.75, 3.05) is 0 Å². The van der Waals surface area contributed by atoms with Gasteiger partial charge in [0.2, 0.25) is 0 Å². The summed E-state index contributed by atoms with van der Waals surface area (Å²) in [7, 11) is -3.50. The van der Waals surface area contributed by atoms with Crippen LogP contribution in [-0.2, 0) is 16.4 Å². The molecule has 2 aromatic carbocycles. The van der Waals surface area contributed by atoms with Crippen LogP contribution in [0.4, 0.5) is 0 Å². The molecule has 1 aliphatic heterocycles. The van der Waals surface area contributed by atoms with E-state index in [4.69, 9.17) is 0 Å². The van der Waals surface area contributed by atoms with Gasteiger partial charge in [0, 0.05) is 6.04 Å². The quantitative estimate of drug-likeness (QED) is 0.886. The molecule has 4 rings (SSSR count). The SMILES string of the molecule is Cc1ccc(S(=O)(=O)NN2C3CCc4ccccc4C32)cc1. The second-order valence-electron chi connectivity index (χ2n) is 6.06. The van der Waals surface area contributed by atoms with Gasteiger partial charge in [-0.05, 0) is 43.0 Å². The van der Waals surface area contributed by atoms with Crippen molar-refractivity contribution in [3.63, 3.8) is 0 Å². The van der Waals surface area contributed by atoms with Gasteiger partial charge in [-0.2, -0.15) is 0 Å². The van der Waals surface area contributed by atoms with Crippen molar-refractivity contribution in [2.24, 2.45) is 0 Å². The van der Waals surface area contributed by atoms with Gasteiger partial charge in [-0.15, -0.1) is 4.83 Å². The number of hydrogen-bond donors (Lipinski definition) is 1. The summed E-state index contributed by atoms with van der Waals surface area (Å²) in [6, 6.07) is 15.7. The predicted octanol–water partition coefficient (Wildman–Crippen LogP) is 2.56. The maximum Gasteiger partial charge on any atom is 0.253 e. The van der Waals surface area contributed by atoms with Gasteiger partial charge >= 0.3 is 0 Å².